The summed E-state index contributed by atoms with van der Waals surface area (Å²) >= 11 is 0. The van der Waals surface area contributed by atoms with E-state index >= 15 is 0 Å². The van der Waals surface area contributed by atoms with Crippen LogP contribution in [0.4, 0.5) is 0 Å². The molecule has 2 N–H and O–H groups in total. The number of nitrogens with zero attached hydrogens (tertiary/aromatic N) is 1. The first-order valence-electron chi connectivity index (χ1n) is 5.58. The molecule has 1 saturated heterocycles. The second-order valence-electron chi connectivity index (χ2n) is 4.59. The summed E-state index contributed by atoms with van der Waals surface area (Å²) in [6.45, 7) is 8.67. The summed E-state index contributed by atoms with van der Waals surface area (Å²) in [5, 5.41) is 0. The van der Waals surface area contributed by atoms with E-state index < -0.39 is 0 Å². The van der Waals surface area contributed by atoms with Gasteiger partial charge in [-0.1, -0.05) is 6.92 Å². The lowest BCUT2D eigenvalue weighted by Gasteiger charge is -2.44. The zero-order valence-electron chi connectivity index (χ0n) is 9.86. The van der Waals surface area contributed by atoms with Gasteiger partial charge in [0.2, 0.25) is 0 Å². The molecular weight excluding hydrogens is 176 g/mol. The molecule has 0 bridgehead atoms. The molecule has 0 aliphatic carbocycles. The summed E-state index contributed by atoms with van der Waals surface area (Å²) in [6.07, 6.45) is 1.11. The molecule has 14 heavy (non-hydrogen) atoms. The average molecular weight is 200 g/mol. The van der Waals surface area contributed by atoms with Gasteiger partial charge in [-0.05, 0) is 26.2 Å². The van der Waals surface area contributed by atoms with Crippen molar-refractivity contribution in [3.8, 4) is 0 Å². The van der Waals surface area contributed by atoms with Crippen LogP contribution < -0.4 is 5.73 Å². The molecule has 1 aliphatic heterocycles. The second-order valence-corrected chi connectivity index (χ2v) is 4.59. The molecule has 0 radical (unpaired) electrons. The van der Waals surface area contributed by atoms with Crippen molar-refractivity contribution >= 4 is 0 Å². The number of rotatable bonds is 3. The van der Waals surface area contributed by atoms with Gasteiger partial charge in [-0.3, -0.25) is 4.90 Å². The van der Waals surface area contributed by atoms with Gasteiger partial charge in [-0.2, -0.15) is 0 Å². The highest BCUT2D eigenvalue weighted by molar-refractivity contribution is 4.88. The van der Waals surface area contributed by atoms with Crippen LogP contribution >= 0.6 is 0 Å². The van der Waals surface area contributed by atoms with Gasteiger partial charge in [0.25, 0.3) is 0 Å². The summed E-state index contributed by atoms with van der Waals surface area (Å²) in [5.41, 5.74) is 6.05. The predicted molar refractivity (Wildman–Crippen MR) is 59.3 cm³/mol. The summed E-state index contributed by atoms with van der Waals surface area (Å²) in [4.78, 5) is 2.51. The van der Waals surface area contributed by atoms with E-state index in [1.165, 1.54) is 0 Å². The molecule has 1 rings (SSSR count). The quantitative estimate of drug-likeness (QED) is 0.741. The molecule has 0 saturated carbocycles. The van der Waals surface area contributed by atoms with Crippen LogP contribution in [-0.2, 0) is 4.74 Å². The number of ether oxygens (including phenoxy) is 1. The number of piperidine rings is 1. The standard InChI is InChI=1S/C11H24N2O/c1-8(7-14-4)13-6-5-11(12)9(2)10(13)3/h8-11H,5-7,12H2,1-4H3. The fourth-order valence-corrected chi connectivity index (χ4v) is 2.38. The predicted octanol–water partition coefficient (Wildman–Crippen LogP) is 1.08. The molecule has 1 fully saturated rings. The largest absolute Gasteiger partial charge is 0.383 e. The fraction of sp³-hybridized carbons (Fsp3) is 1.00. The number of likely N-dealkylation sites (tertiary alicyclic amines) is 1. The summed E-state index contributed by atoms with van der Waals surface area (Å²) in [7, 11) is 1.76. The zero-order valence-corrected chi connectivity index (χ0v) is 9.86. The van der Waals surface area contributed by atoms with Gasteiger partial charge in [-0.15, -0.1) is 0 Å². The molecular formula is C11H24N2O. The summed E-state index contributed by atoms with van der Waals surface area (Å²) in [6, 6.07) is 1.45. The van der Waals surface area contributed by atoms with E-state index in [0.717, 1.165) is 19.6 Å². The van der Waals surface area contributed by atoms with E-state index in [9.17, 15) is 0 Å². The maximum atomic E-state index is 6.05. The Bertz CT molecular complexity index is 175. The first-order chi connectivity index (χ1) is 6.57. The van der Waals surface area contributed by atoms with E-state index in [4.69, 9.17) is 10.5 Å². The van der Waals surface area contributed by atoms with E-state index in [1.807, 2.05) is 0 Å². The van der Waals surface area contributed by atoms with Crippen molar-refractivity contribution in [2.45, 2.75) is 45.3 Å². The minimum absolute atomic E-state index is 0.371. The first kappa shape index (κ1) is 12.0. The molecule has 3 heteroatoms. The van der Waals surface area contributed by atoms with Crippen LogP contribution in [0.25, 0.3) is 0 Å². The van der Waals surface area contributed by atoms with Gasteiger partial charge in [-0.25, -0.2) is 0 Å². The summed E-state index contributed by atoms with van der Waals surface area (Å²) in [5.74, 6) is 0.586. The smallest absolute Gasteiger partial charge is 0.0615 e. The fourth-order valence-electron chi connectivity index (χ4n) is 2.38. The van der Waals surface area contributed by atoms with Crippen LogP contribution in [0.2, 0.25) is 0 Å². The lowest BCUT2D eigenvalue weighted by atomic mass is 9.87. The normalized spacial score (nSPS) is 37.1. The second kappa shape index (κ2) is 5.10. The Labute approximate surface area is 87.6 Å². The molecule has 1 aliphatic rings. The van der Waals surface area contributed by atoms with Gasteiger partial charge in [0.15, 0.2) is 0 Å². The van der Waals surface area contributed by atoms with Crippen LogP contribution in [0.15, 0.2) is 0 Å². The topological polar surface area (TPSA) is 38.5 Å². The minimum atomic E-state index is 0.371. The van der Waals surface area contributed by atoms with Crippen molar-refractivity contribution < 1.29 is 4.74 Å². The molecule has 4 atom stereocenters. The highest BCUT2D eigenvalue weighted by Crippen LogP contribution is 2.24. The molecule has 84 valence electrons. The number of methoxy groups -OCH3 is 1. The zero-order chi connectivity index (χ0) is 10.7. The molecule has 0 amide bonds. The van der Waals surface area contributed by atoms with Crippen molar-refractivity contribution in [3.63, 3.8) is 0 Å². The van der Waals surface area contributed by atoms with E-state index in [0.29, 0.717) is 24.0 Å². The Balaban J connectivity index is 2.53. The Hall–Kier alpha value is -0.120. The molecule has 1 heterocycles. The number of hydrogen-bond donors (Lipinski definition) is 1. The monoisotopic (exact) mass is 200 g/mol. The first-order valence-corrected chi connectivity index (χ1v) is 5.58. The highest BCUT2D eigenvalue weighted by atomic mass is 16.5. The average Bonchev–Trinajstić information content (AvgIpc) is 2.15. The Morgan fingerprint density at radius 3 is 2.71 bits per heavy atom. The molecule has 4 unspecified atom stereocenters. The highest BCUT2D eigenvalue weighted by Gasteiger charge is 2.32. The van der Waals surface area contributed by atoms with Gasteiger partial charge in [0.05, 0.1) is 6.61 Å². The van der Waals surface area contributed by atoms with E-state index in [2.05, 4.69) is 25.7 Å². The van der Waals surface area contributed by atoms with Crippen LogP contribution in [0.3, 0.4) is 0 Å². The molecule has 0 aromatic carbocycles. The third kappa shape index (κ3) is 2.47. The Morgan fingerprint density at radius 1 is 1.50 bits per heavy atom. The Morgan fingerprint density at radius 2 is 2.14 bits per heavy atom. The number of nitrogens with two attached hydrogens (primary N) is 1. The van der Waals surface area contributed by atoms with Crippen LogP contribution in [0, 0.1) is 5.92 Å². The maximum absolute atomic E-state index is 6.05. The third-order valence-corrected chi connectivity index (χ3v) is 3.65. The van der Waals surface area contributed by atoms with Crippen molar-refractivity contribution in [1.82, 2.24) is 4.90 Å². The van der Waals surface area contributed by atoms with Gasteiger partial charge in [0.1, 0.15) is 0 Å². The molecule has 0 aromatic heterocycles. The molecule has 0 aromatic rings. The minimum Gasteiger partial charge on any atom is -0.383 e. The van der Waals surface area contributed by atoms with Crippen molar-refractivity contribution in [1.29, 1.82) is 0 Å². The van der Waals surface area contributed by atoms with Crippen LogP contribution in [0.5, 0.6) is 0 Å². The maximum Gasteiger partial charge on any atom is 0.0615 e. The van der Waals surface area contributed by atoms with Gasteiger partial charge in [0, 0.05) is 31.8 Å². The lowest BCUT2D eigenvalue weighted by molar-refractivity contribution is 0.0254. The van der Waals surface area contributed by atoms with E-state index in [-0.39, 0.29) is 0 Å². The Kier molecular flexibility index (Phi) is 4.35. The lowest BCUT2D eigenvalue weighted by Crippen LogP contribution is -2.55. The molecule has 3 nitrogen and oxygen atoms in total. The van der Waals surface area contributed by atoms with E-state index in [1.54, 1.807) is 7.11 Å². The number of hydrogen-bond acceptors (Lipinski definition) is 3. The van der Waals surface area contributed by atoms with Gasteiger partial charge >= 0.3 is 0 Å². The van der Waals surface area contributed by atoms with Gasteiger partial charge < -0.3 is 10.5 Å². The van der Waals surface area contributed by atoms with Crippen molar-refractivity contribution in [3.05, 3.63) is 0 Å². The third-order valence-electron chi connectivity index (χ3n) is 3.65. The van der Waals surface area contributed by atoms with Crippen LogP contribution in [-0.4, -0.2) is 43.3 Å². The van der Waals surface area contributed by atoms with Crippen LogP contribution in [0.1, 0.15) is 27.2 Å². The summed E-state index contributed by atoms with van der Waals surface area (Å²) < 4.78 is 5.19. The van der Waals surface area contributed by atoms with Crippen molar-refractivity contribution in [2.75, 3.05) is 20.3 Å². The SMILES string of the molecule is COCC(C)N1CCC(N)C(C)C1C. The van der Waals surface area contributed by atoms with Crippen molar-refractivity contribution in [2.24, 2.45) is 11.7 Å². The molecule has 0 spiro atoms.